The first-order valence-corrected chi connectivity index (χ1v) is 15.5. The Morgan fingerprint density at radius 1 is 1.00 bits per heavy atom. The molecule has 2 heterocycles. The number of sulfone groups is 2. The van der Waals surface area contributed by atoms with E-state index in [9.17, 15) is 34.8 Å². The third-order valence-corrected chi connectivity index (χ3v) is 10.8. The minimum Gasteiger partial charge on any atom is -0.490 e. The predicted octanol–water partition coefficient (Wildman–Crippen LogP) is 4.15. The van der Waals surface area contributed by atoms with E-state index in [1.807, 2.05) is 0 Å². The lowest BCUT2D eigenvalue weighted by Crippen LogP contribution is -2.48. The summed E-state index contributed by atoms with van der Waals surface area (Å²) in [6, 6.07) is 5.59. The number of amides is 1. The molecular weight excluding hydrogens is 545 g/mol. The largest absolute Gasteiger partial charge is 0.490 e. The van der Waals surface area contributed by atoms with Crippen molar-refractivity contribution in [1.82, 2.24) is 9.88 Å². The first-order chi connectivity index (χ1) is 17.5. The highest BCUT2D eigenvalue weighted by Crippen LogP contribution is 2.39. The number of nitrogens with zero attached hydrogens (tertiary/aromatic N) is 2. The Kier molecular flexibility index (Phi) is 7.32. The van der Waals surface area contributed by atoms with Crippen molar-refractivity contribution in [2.24, 2.45) is 5.92 Å². The molecule has 4 rings (SSSR count). The van der Waals surface area contributed by atoms with Gasteiger partial charge >= 0.3 is 6.18 Å². The van der Waals surface area contributed by atoms with E-state index in [4.69, 9.17) is 4.74 Å². The molecule has 0 atom stereocenters. The fraction of sp³-hybridized carbons (Fsp3) is 0.520. The van der Waals surface area contributed by atoms with E-state index >= 15 is 0 Å². The number of carbonyl (C=O) groups is 1. The van der Waals surface area contributed by atoms with Gasteiger partial charge in [0.15, 0.2) is 14.9 Å². The van der Waals surface area contributed by atoms with E-state index in [1.165, 1.54) is 30.9 Å². The first kappa shape index (κ1) is 28.3. The Bertz CT molecular complexity index is 1440. The minimum atomic E-state index is -4.71. The highest BCUT2D eigenvalue weighted by atomic mass is 32.2. The summed E-state index contributed by atoms with van der Waals surface area (Å²) in [4.78, 5) is 18.3. The average molecular weight is 575 g/mol. The monoisotopic (exact) mass is 574 g/mol. The molecule has 208 valence electrons. The number of carbonyl (C=O) groups excluding carboxylic acids is 1. The Hall–Kier alpha value is -2.67. The Balaban J connectivity index is 1.51. The maximum absolute atomic E-state index is 13.3. The van der Waals surface area contributed by atoms with Crippen molar-refractivity contribution in [3.63, 3.8) is 0 Å². The smallest absolute Gasteiger partial charge is 0.416 e. The summed E-state index contributed by atoms with van der Waals surface area (Å²) >= 11 is 0. The number of ether oxygens (including phenoxy) is 1. The van der Waals surface area contributed by atoms with Crippen LogP contribution in [0.15, 0.2) is 46.5 Å². The summed E-state index contributed by atoms with van der Waals surface area (Å²) in [5.41, 5.74) is -1.09. The fourth-order valence-corrected chi connectivity index (χ4v) is 7.19. The van der Waals surface area contributed by atoms with Gasteiger partial charge in [0.05, 0.1) is 26.9 Å². The van der Waals surface area contributed by atoms with Gasteiger partial charge in [0.2, 0.25) is 9.84 Å². The van der Waals surface area contributed by atoms with Gasteiger partial charge in [-0.3, -0.25) is 4.79 Å². The molecule has 1 saturated heterocycles. The van der Waals surface area contributed by atoms with Gasteiger partial charge in [-0.2, -0.15) is 13.2 Å². The zero-order chi connectivity index (χ0) is 28.1. The number of likely N-dealkylation sites (tertiary alicyclic amines) is 1. The van der Waals surface area contributed by atoms with Crippen molar-refractivity contribution in [3.05, 3.63) is 47.7 Å². The number of hydrogen-bond acceptors (Lipinski definition) is 7. The second-order valence-corrected chi connectivity index (χ2v) is 14.8. The predicted molar refractivity (Wildman–Crippen MR) is 132 cm³/mol. The molecule has 8 nitrogen and oxygen atoms in total. The number of alkyl halides is 3. The molecular formula is C25H29F3N2O6S2. The van der Waals surface area contributed by atoms with Crippen molar-refractivity contribution in [2.75, 3.05) is 19.3 Å². The quantitative estimate of drug-likeness (QED) is 0.489. The molecule has 0 radical (unpaired) electrons. The van der Waals surface area contributed by atoms with Gasteiger partial charge in [-0.25, -0.2) is 21.8 Å². The lowest BCUT2D eigenvalue weighted by molar-refractivity contribution is -0.137. The van der Waals surface area contributed by atoms with Gasteiger partial charge in [-0.1, -0.05) is 0 Å². The topological polar surface area (TPSA) is 111 Å². The molecule has 1 aromatic carbocycles. The van der Waals surface area contributed by atoms with Crippen LogP contribution in [-0.4, -0.2) is 62.8 Å². The van der Waals surface area contributed by atoms with Gasteiger partial charge in [0, 0.05) is 25.5 Å². The fourth-order valence-electron chi connectivity index (χ4n) is 4.61. The average Bonchev–Trinajstić information content (AvgIpc) is 3.66. The summed E-state index contributed by atoms with van der Waals surface area (Å²) < 4.78 is 95.2. The third-order valence-electron chi connectivity index (χ3n) is 7.21. The van der Waals surface area contributed by atoms with Crippen LogP contribution in [0.5, 0.6) is 5.75 Å². The highest BCUT2D eigenvalue weighted by molar-refractivity contribution is 7.92. The van der Waals surface area contributed by atoms with Gasteiger partial charge in [0.1, 0.15) is 5.75 Å². The SMILES string of the molecule is CC(C)(C1CCN(C(=O)c2ccc(OC3CC3)cc2S(C)(=O)=O)CC1)S(=O)(=O)c1cc(C(F)(F)F)ccn1. The first-order valence-electron chi connectivity index (χ1n) is 12.1. The van der Waals surface area contributed by atoms with Gasteiger partial charge < -0.3 is 9.64 Å². The minimum absolute atomic E-state index is 0.00847. The Morgan fingerprint density at radius 2 is 1.63 bits per heavy atom. The van der Waals surface area contributed by atoms with Crippen LogP contribution in [-0.2, 0) is 25.9 Å². The molecule has 38 heavy (non-hydrogen) atoms. The number of benzene rings is 1. The summed E-state index contributed by atoms with van der Waals surface area (Å²) in [7, 11) is -8.00. The van der Waals surface area contributed by atoms with Crippen LogP contribution >= 0.6 is 0 Å². The number of piperidine rings is 1. The molecule has 2 fully saturated rings. The van der Waals surface area contributed by atoms with Crippen LogP contribution in [0.2, 0.25) is 0 Å². The standard InChI is InChI=1S/C25H29F3N2O6S2/c1-24(2,38(34,35)22-14-17(8-11-29-22)25(26,27)28)16-9-12-30(13-10-16)23(31)20-7-6-19(36-18-4-5-18)15-21(20)37(3,32)33/h6-8,11,14-16,18H,4-5,9-10,12-13H2,1-3H3. The Labute approximate surface area is 220 Å². The molecule has 2 aromatic rings. The number of hydrogen-bond donors (Lipinski definition) is 0. The molecule has 13 heteroatoms. The zero-order valence-corrected chi connectivity index (χ0v) is 22.8. The van der Waals surface area contributed by atoms with Crippen LogP contribution in [0, 0.1) is 5.92 Å². The maximum atomic E-state index is 13.3. The molecule has 0 spiro atoms. The molecule has 2 aliphatic rings. The summed E-state index contributed by atoms with van der Waals surface area (Å²) in [6.45, 7) is 3.21. The van der Waals surface area contributed by atoms with E-state index < -0.39 is 53.0 Å². The Morgan fingerprint density at radius 3 is 2.18 bits per heavy atom. The molecule has 0 N–H and O–H groups in total. The van der Waals surface area contributed by atoms with Crippen molar-refractivity contribution in [1.29, 1.82) is 0 Å². The van der Waals surface area contributed by atoms with Crippen molar-refractivity contribution >= 4 is 25.6 Å². The van der Waals surface area contributed by atoms with E-state index in [0.29, 0.717) is 17.9 Å². The summed E-state index contributed by atoms with van der Waals surface area (Å²) in [5, 5.41) is -0.651. The van der Waals surface area contributed by atoms with Gasteiger partial charge in [0.25, 0.3) is 5.91 Å². The van der Waals surface area contributed by atoms with E-state index in [1.54, 1.807) is 6.07 Å². The number of rotatable bonds is 7. The van der Waals surface area contributed by atoms with Crippen molar-refractivity contribution < 1.29 is 39.5 Å². The van der Waals surface area contributed by atoms with Crippen LogP contribution in [0.4, 0.5) is 13.2 Å². The highest BCUT2D eigenvalue weighted by Gasteiger charge is 2.46. The molecule has 1 aromatic heterocycles. The number of aromatic nitrogens is 1. The molecule has 1 amide bonds. The molecule has 1 aliphatic heterocycles. The third kappa shape index (κ3) is 5.68. The van der Waals surface area contributed by atoms with E-state index in [2.05, 4.69) is 4.98 Å². The van der Waals surface area contributed by atoms with E-state index in [-0.39, 0.29) is 42.5 Å². The molecule has 0 unspecified atom stereocenters. The number of halogens is 3. The molecule has 1 aliphatic carbocycles. The second-order valence-electron chi connectivity index (χ2n) is 10.3. The van der Waals surface area contributed by atoms with Gasteiger partial charge in [-0.05, 0) is 75.8 Å². The zero-order valence-electron chi connectivity index (χ0n) is 21.2. The number of pyridine rings is 1. The van der Waals surface area contributed by atoms with Crippen LogP contribution in [0.3, 0.4) is 0 Å². The molecule has 1 saturated carbocycles. The second kappa shape index (κ2) is 9.82. The maximum Gasteiger partial charge on any atom is 0.416 e. The normalized spacial score (nSPS) is 17.9. The van der Waals surface area contributed by atoms with Crippen LogP contribution in [0.25, 0.3) is 0 Å². The lowest BCUT2D eigenvalue weighted by atomic mass is 9.85. The lowest BCUT2D eigenvalue weighted by Gasteiger charge is -2.40. The molecule has 0 bridgehead atoms. The van der Waals surface area contributed by atoms with Gasteiger partial charge in [-0.15, -0.1) is 0 Å². The van der Waals surface area contributed by atoms with E-state index in [0.717, 1.165) is 25.3 Å². The summed E-state index contributed by atoms with van der Waals surface area (Å²) in [5.74, 6) is -0.600. The van der Waals surface area contributed by atoms with Crippen LogP contribution < -0.4 is 4.74 Å². The van der Waals surface area contributed by atoms with Crippen LogP contribution in [0.1, 0.15) is 55.5 Å². The van der Waals surface area contributed by atoms with Crippen molar-refractivity contribution in [2.45, 2.75) is 66.5 Å². The summed E-state index contributed by atoms with van der Waals surface area (Å²) in [6.07, 6.45) is -0.527. The van der Waals surface area contributed by atoms with Crippen molar-refractivity contribution in [3.8, 4) is 5.75 Å².